The van der Waals surface area contributed by atoms with Crippen LogP contribution in [0.4, 0.5) is 0 Å². The fraction of sp³-hybridized carbons (Fsp3) is 0.0444. The standard InChI is InChI=1S/C45H31OS2/c46-45(30-9-3-1-4-10-30)32-15-22-42-33(26-32)27-34-28-37(18-23-43(34)42)47-36-16-19-39(20-17-36)48(38-12-5-2-6-13-38)40-21-24-44-35(29-40)25-31-11-7-8-14-41(31)44/h1-24,26,28-29H,25,27H2/q+1. The van der Waals surface area contributed by atoms with Crippen molar-refractivity contribution in [3.05, 3.63) is 197 Å². The van der Waals surface area contributed by atoms with Crippen molar-refractivity contribution >= 4 is 28.4 Å². The molecule has 0 bridgehead atoms. The van der Waals surface area contributed by atoms with Gasteiger partial charge in [0.1, 0.15) is 0 Å². The molecular formula is C45H31OS2+. The van der Waals surface area contributed by atoms with Gasteiger partial charge in [-0.3, -0.25) is 4.79 Å². The van der Waals surface area contributed by atoms with Gasteiger partial charge in [-0.25, -0.2) is 0 Å². The van der Waals surface area contributed by atoms with Crippen LogP contribution in [0.5, 0.6) is 0 Å². The molecule has 0 saturated carbocycles. The largest absolute Gasteiger partial charge is 0.289 e. The smallest absolute Gasteiger partial charge is 0.193 e. The second-order valence-corrected chi connectivity index (χ2v) is 15.6. The van der Waals surface area contributed by atoms with Gasteiger partial charge in [0.2, 0.25) is 0 Å². The summed E-state index contributed by atoms with van der Waals surface area (Å²) in [4.78, 5) is 19.6. The molecule has 3 heteroatoms. The lowest BCUT2D eigenvalue weighted by Crippen LogP contribution is -2.05. The van der Waals surface area contributed by atoms with Crippen LogP contribution in [0.3, 0.4) is 0 Å². The highest BCUT2D eigenvalue weighted by molar-refractivity contribution is 7.99. The van der Waals surface area contributed by atoms with E-state index in [-0.39, 0.29) is 16.7 Å². The van der Waals surface area contributed by atoms with Gasteiger partial charge >= 0.3 is 0 Å². The monoisotopic (exact) mass is 651 g/mol. The summed E-state index contributed by atoms with van der Waals surface area (Å²) < 4.78 is 0. The molecule has 0 aliphatic heterocycles. The number of hydrogen-bond donors (Lipinski definition) is 0. The summed E-state index contributed by atoms with van der Waals surface area (Å²) in [5.74, 6) is 0.0749. The van der Waals surface area contributed by atoms with E-state index in [9.17, 15) is 4.79 Å². The molecule has 1 nitrogen and oxygen atoms in total. The zero-order valence-corrected chi connectivity index (χ0v) is 27.9. The molecule has 0 heterocycles. The second kappa shape index (κ2) is 12.2. The average Bonchev–Trinajstić information content (AvgIpc) is 3.70. The van der Waals surface area contributed by atoms with Crippen LogP contribution in [0, 0.1) is 0 Å². The minimum Gasteiger partial charge on any atom is -0.289 e. The SMILES string of the molecule is O=C(c1ccccc1)c1ccc2c(c1)Cc1cc(Sc3ccc([S+](c4ccccc4)c4ccc5c(c4)Cc4ccccc4-5)cc3)ccc1-2. The molecule has 0 spiro atoms. The van der Waals surface area contributed by atoms with Crippen molar-refractivity contribution < 1.29 is 4.79 Å². The Balaban J connectivity index is 0.960. The van der Waals surface area contributed by atoms with Crippen LogP contribution >= 0.6 is 11.8 Å². The third-order valence-corrected chi connectivity index (χ3v) is 12.6. The summed E-state index contributed by atoms with van der Waals surface area (Å²) in [5.41, 5.74) is 12.1. The molecule has 228 valence electrons. The number of fused-ring (bicyclic) bond motifs is 6. The number of rotatable bonds is 7. The van der Waals surface area contributed by atoms with Crippen LogP contribution in [-0.4, -0.2) is 5.78 Å². The van der Waals surface area contributed by atoms with E-state index in [1.807, 2.05) is 48.2 Å². The fourth-order valence-corrected chi connectivity index (χ4v) is 10.1. The summed E-state index contributed by atoms with van der Waals surface area (Å²) in [6, 6.07) is 58.5. The topological polar surface area (TPSA) is 17.1 Å². The Kier molecular flexibility index (Phi) is 7.37. The van der Waals surface area contributed by atoms with Gasteiger partial charge in [-0.15, -0.1) is 0 Å². The normalized spacial score (nSPS) is 12.9. The zero-order chi connectivity index (χ0) is 32.0. The van der Waals surface area contributed by atoms with Gasteiger partial charge in [-0.1, -0.05) is 103 Å². The van der Waals surface area contributed by atoms with E-state index in [4.69, 9.17) is 0 Å². The average molecular weight is 652 g/mol. The predicted octanol–water partition coefficient (Wildman–Crippen LogP) is 11.3. The molecule has 0 fully saturated rings. The van der Waals surface area contributed by atoms with Crippen molar-refractivity contribution in [2.45, 2.75) is 37.3 Å². The highest BCUT2D eigenvalue weighted by Gasteiger charge is 2.31. The van der Waals surface area contributed by atoms with Crippen molar-refractivity contribution in [2.24, 2.45) is 0 Å². The molecule has 0 aromatic heterocycles. The minimum atomic E-state index is -0.201. The summed E-state index contributed by atoms with van der Waals surface area (Å²) in [6.45, 7) is 0. The maximum absolute atomic E-state index is 13.1. The van der Waals surface area contributed by atoms with Crippen molar-refractivity contribution in [3.8, 4) is 22.3 Å². The van der Waals surface area contributed by atoms with Crippen LogP contribution in [0.1, 0.15) is 38.2 Å². The molecule has 2 aliphatic carbocycles. The van der Waals surface area contributed by atoms with E-state index in [1.165, 1.54) is 69.0 Å². The van der Waals surface area contributed by atoms with Gasteiger partial charge in [-0.2, -0.15) is 0 Å². The first-order chi connectivity index (χ1) is 23.7. The Morgan fingerprint density at radius 1 is 0.417 bits per heavy atom. The van der Waals surface area contributed by atoms with Crippen molar-refractivity contribution in [2.75, 3.05) is 0 Å². The van der Waals surface area contributed by atoms with E-state index in [2.05, 4.69) is 127 Å². The molecular weight excluding hydrogens is 621 g/mol. The number of ketones is 1. The number of benzene rings is 7. The third kappa shape index (κ3) is 5.30. The Morgan fingerprint density at radius 3 is 1.75 bits per heavy atom. The Bertz CT molecular complexity index is 2330. The van der Waals surface area contributed by atoms with Crippen LogP contribution in [0.15, 0.2) is 188 Å². The van der Waals surface area contributed by atoms with E-state index < -0.39 is 0 Å². The Morgan fingerprint density at radius 2 is 0.958 bits per heavy atom. The third-order valence-electron chi connectivity index (χ3n) is 9.43. The highest BCUT2D eigenvalue weighted by atomic mass is 32.2. The van der Waals surface area contributed by atoms with Gasteiger partial charge in [0.25, 0.3) is 0 Å². The molecule has 1 unspecified atom stereocenters. The molecule has 7 aromatic carbocycles. The predicted molar refractivity (Wildman–Crippen MR) is 198 cm³/mol. The maximum atomic E-state index is 13.1. The summed E-state index contributed by atoms with van der Waals surface area (Å²) in [5, 5.41) is 0. The Labute approximate surface area is 288 Å². The molecule has 7 aromatic rings. The lowest BCUT2D eigenvalue weighted by molar-refractivity contribution is 0.103. The number of carbonyl (C=O) groups excluding carboxylic acids is 1. The molecule has 9 rings (SSSR count). The van der Waals surface area contributed by atoms with E-state index in [0.717, 1.165) is 24.0 Å². The second-order valence-electron chi connectivity index (χ2n) is 12.4. The van der Waals surface area contributed by atoms with Gasteiger partial charge in [0.15, 0.2) is 20.5 Å². The first-order valence-corrected chi connectivity index (χ1v) is 18.4. The fourth-order valence-electron chi connectivity index (χ4n) is 7.14. The highest BCUT2D eigenvalue weighted by Crippen LogP contribution is 2.42. The maximum Gasteiger partial charge on any atom is 0.193 e. The number of hydrogen-bond acceptors (Lipinski definition) is 2. The molecule has 48 heavy (non-hydrogen) atoms. The van der Waals surface area contributed by atoms with Crippen LogP contribution < -0.4 is 0 Å². The number of carbonyl (C=O) groups is 1. The van der Waals surface area contributed by atoms with Gasteiger partial charge in [0, 0.05) is 20.9 Å². The lowest BCUT2D eigenvalue weighted by atomic mass is 9.98. The van der Waals surface area contributed by atoms with E-state index in [0.29, 0.717) is 0 Å². The Hall–Kier alpha value is -5.09. The first kappa shape index (κ1) is 29.1. The molecule has 1 atom stereocenters. The summed E-state index contributed by atoms with van der Waals surface area (Å²) in [7, 11) is -0.201. The molecule has 0 N–H and O–H groups in total. The van der Waals surface area contributed by atoms with Crippen molar-refractivity contribution in [1.82, 2.24) is 0 Å². The van der Waals surface area contributed by atoms with Crippen LogP contribution in [0.2, 0.25) is 0 Å². The van der Waals surface area contributed by atoms with Crippen molar-refractivity contribution in [1.29, 1.82) is 0 Å². The van der Waals surface area contributed by atoms with Crippen LogP contribution in [0.25, 0.3) is 22.3 Å². The van der Waals surface area contributed by atoms with Crippen LogP contribution in [-0.2, 0) is 23.7 Å². The van der Waals surface area contributed by atoms with Gasteiger partial charge in [-0.05, 0) is 130 Å². The van der Waals surface area contributed by atoms with Gasteiger partial charge < -0.3 is 0 Å². The van der Waals surface area contributed by atoms with E-state index in [1.54, 1.807) is 0 Å². The molecule has 0 saturated heterocycles. The minimum absolute atomic E-state index is 0.0749. The first-order valence-electron chi connectivity index (χ1n) is 16.3. The quantitative estimate of drug-likeness (QED) is 0.126. The molecule has 0 radical (unpaired) electrons. The van der Waals surface area contributed by atoms with E-state index >= 15 is 0 Å². The summed E-state index contributed by atoms with van der Waals surface area (Å²) in [6.07, 6.45) is 1.85. The molecule has 2 aliphatic rings. The van der Waals surface area contributed by atoms with Gasteiger partial charge in [0.05, 0.1) is 10.9 Å². The zero-order valence-electron chi connectivity index (χ0n) is 26.2. The summed E-state index contributed by atoms with van der Waals surface area (Å²) >= 11 is 1.81. The van der Waals surface area contributed by atoms with Crippen molar-refractivity contribution in [3.63, 3.8) is 0 Å². The lowest BCUT2D eigenvalue weighted by Gasteiger charge is -2.11. The molecule has 0 amide bonds.